The number of ether oxygens (including phenoxy) is 2. The lowest BCUT2D eigenvalue weighted by atomic mass is 10.0. The molecule has 2 heterocycles. The van der Waals surface area contributed by atoms with E-state index in [9.17, 15) is 18.0 Å². The van der Waals surface area contributed by atoms with Gasteiger partial charge in [-0.15, -0.1) is 13.2 Å². The molecule has 2 aromatic rings. The Balaban J connectivity index is 1.51. The quantitative estimate of drug-likeness (QED) is 0.720. The minimum Gasteiger partial charge on any atom is -0.491 e. The van der Waals surface area contributed by atoms with Gasteiger partial charge in [-0.2, -0.15) is 0 Å². The topological polar surface area (TPSA) is 54.4 Å². The number of allylic oxidation sites excluding steroid dienone is 1. The van der Waals surface area contributed by atoms with Gasteiger partial charge in [-0.05, 0) is 41.5 Å². The zero-order valence-electron chi connectivity index (χ0n) is 16.5. The first-order valence-corrected chi connectivity index (χ1v) is 9.72. The molecule has 0 saturated carbocycles. The van der Waals surface area contributed by atoms with Crippen molar-refractivity contribution in [3.8, 4) is 22.6 Å². The van der Waals surface area contributed by atoms with Crippen LogP contribution < -0.4 is 9.47 Å². The molecule has 0 radical (unpaired) electrons. The zero-order chi connectivity index (χ0) is 21.8. The van der Waals surface area contributed by atoms with Crippen LogP contribution in [0, 0.1) is 0 Å². The highest BCUT2D eigenvalue weighted by molar-refractivity contribution is 5.98. The van der Waals surface area contributed by atoms with Gasteiger partial charge in [0.15, 0.2) is 0 Å². The molecule has 0 saturated heterocycles. The maximum atomic E-state index is 13.1. The summed E-state index contributed by atoms with van der Waals surface area (Å²) >= 11 is 0. The van der Waals surface area contributed by atoms with Gasteiger partial charge >= 0.3 is 6.36 Å². The predicted octanol–water partition coefficient (Wildman–Crippen LogP) is 3.94. The van der Waals surface area contributed by atoms with Gasteiger partial charge < -0.3 is 19.3 Å². The predicted molar refractivity (Wildman–Crippen MR) is 109 cm³/mol. The SMILES string of the molecule is O=C1c2cc(-c3ccc(OC(F)(F)F)cc3)ccc2OCCN1CCN1C=CC=NC1. The first-order chi connectivity index (χ1) is 14.9. The number of hydrogen-bond acceptors (Lipinski definition) is 5. The summed E-state index contributed by atoms with van der Waals surface area (Å²) in [6.07, 6.45) is 0.781. The van der Waals surface area contributed by atoms with E-state index in [0.29, 0.717) is 55.3 Å². The summed E-state index contributed by atoms with van der Waals surface area (Å²) < 4.78 is 46.7. The van der Waals surface area contributed by atoms with Crippen LogP contribution in [0.1, 0.15) is 10.4 Å². The van der Waals surface area contributed by atoms with Gasteiger partial charge in [0.05, 0.1) is 12.1 Å². The maximum absolute atomic E-state index is 13.1. The summed E-state index contributed by atoms with van der Waals surface area (Å²) in [6.45, 7) is 2.58. The Labute approximate surface area is 177 Å². The fourth-order valence-corrected chi connectivity index (χ4v) is 3.42. The molecule has 0 bridgehead atoms. The molecule has 162 valence electrons. The van der Waals surface area contributed by atoms with Gasteiger partial charge in [-0.3, -0.25) is 9.79 Å². The summed E-state index contributed by atoms with van der Waals surface area (Å²) in [5.74, 6) is 0.0549. The van der Waals surface area contributed by atoms with Crippen LogP contribution in [0.2, 0.25) is 0 Å². The molecule has 0 unspecified atom stereocenters. The summed E-state index contributed by atoms with van der Waals surface area (Å²) in [7, 11) is 0. The number of halogens is 3. The zero-order valence-corrected chi connectivity index (χ0v) is 16.5. The number of benzene rings is 2. The van der Waals surface area contributed by atoms with Crippen molar-refractivity contribution in [3.63, 3.8) is 0 Å². The van der Waals surface area contributed by atoms with Crippen LogP contribution in [0.25, 0.3) is 11.1 Å². The monoisotopic (exact) mass is 431 g/mol. The number of hydrogen-bond donors (Lipinski definition) is 0. The molecular weight excluding hydrogens is 411 g/mol. The standard InChI is InChI=1S/C22H20F3N3O3/c23-22(24,25)31-18-5-2-16(3-6-18)17-4-7-20-19(14-17)21(29)28(12-13-30-20)11-10-27-9-1-8-26-15-27/h1-9,14H,10-13,15H2. The van der Waals surface area contributed by atoms with Crippen molar-refractivity contribution in [2.75, 3.05) is 32.9 Å². The van der Waals surface area contributed by atoms with Crippen LogP contribution in [0.5, 0.6) is 11.5 Å². The molecular formula is C22H20F3N3O3. The van der Waals surface area contributed by atoms with E-state index in [1.54, 1.807) is 29.3 Å². The second-order valence-corrected chi connectivity index (χ2v) is 7.05. The Kier molecular flexibility index (Phi) is 5.83. The molecule has 0 fully saturated rings. The van der Waals surface area contributed by atoms with Gasteiger partial charge in [0.1, 0.15) is 24.8 Å². The number of rotatable bonds is 5. The third-order valence-electron chi connectivity index (χ3n) is 4.95. The molecule has 0 atom stereocenters. The average Bonchev–Trinajstić information content (AvgIpc) is 2.91. The number of alkyl halides is 3. The van der Waals surface area contributed by atoms with E-state index in [0.717, 1.165) is 0 Å². The molecule has 31 heavy (non-hydrogen) atoms. The largest absolute Gasteiger partial charge is 0.573 e. The summed E-state index contributed by atoms with van der Waals surface area (Å²) in [4.78, 5) is 21.1. The third-order valence-corrected chi connectivity index (χ3v) is 4.95. The number of nitrogens with zero attached hydrogens (tertiary/aromatic N) is 3. The Bertz CT molecular complexity index is 1000. The molecule has 2 aliphatic rings. The van der Waals surface area contributed by atoms with Crippen LogP contribution in [-0.2, 0) is 0 Å². The first kappa shape index (κ1) is 20.8. The number of amides is 1. The number of aliphatic imine (C=N–C) groups is 1. The fraction of sp³-hybridized carbons (Fsp3) is 0.273. The van der Waals surface area contributed by atoms with E-state index in [-0.39, 0.29) is 11.7 Å². The molecule has 9 heteroatoms. The minimum atomic E-state index is -4.74. The molecule has 2 aromatic carbocycles. The highest BCUT2D eigenvalue weighted by Gasteiger charge is 2.31. The Hall–Kier alpha value is -3.49. The Morgan fingerprint density at radius 1 is 1.06 bits per heavy atom. The van der Waals surface area contributed by atoms with Crippen LogP contribution in [0.4, 0.5) is 13.2 Å². The van der Waals surface area contributed by atoms with Crippen molar-refractivity contribution in [2.45, 2.75) is 6.36 Å². The van der Waals surface area contributed by atoms with Crippen molar-refractivity contribution in [1.29, 1.82) is 0 Å². The van der Waals surface area contributed by atoms with E-state index in [1.165, 1.54) is 24.3 Å². The highest BCUT2D eigenvalue weighted by atomic mass is 19.4. The Morgan fingerprint density at radius 2 is 1.84 bits per heavy atom. The van der Waals surface area contributed by atoms with Crippen molar-refractivity contribution in [1.82, 2.24) is 9.80 Å². The second-order valence-electron chi connectivity index (χ2n) is 7.05. The highest BCUT2D eigenvalue weighted by Crippen LogP contribution is 2.31. The Morgan fingerprint density at radius 3 is 2.55 bits per heavy atom. The second kappa shape index (κ2) is 8.71. The lowest BCUT2D eigenvalue weighted by Gasteiger charge is -2.25. The molecule has 1 amide bonds. The lowest BCUT2D eigenvalue weighted by molar-refractivity contribution is -0.274. The number of carbonyl (C=O) groups is 1. The van der Waals surface area contributed by atoms with Gasteiger partial charge in [-0.25, -0.2) is 0 Å². The molecule has 0 aromatic heterocycles. The van der Waals surface area contributed by atoms with Crippen LogP contribution in [-0.4, -0.2) is 61.2 Å². The lowest BCUT2D eigenvalue weighted by Crippen LogP contribution is -2.38. The third kappa shape index (κ3) is 5.17. The maximum Gasteiger partial charge on any atom is 0.573 e. The average molecular weight is 431 g/mol. The van der Waals surface area contributed by atoms with E-state index in [1.807, 2.05) is 17.2 Å². The summed E-state index contributed by atoms with van der Waals surface area (Å²) in [5.41, 5.74) is 1.79. The summed E-state index contributed by atoms with van der Waals surface area (Å²) in [5, 5.41) is 0. The van der Waals surface area contributed by atoms with Crippen LogP contribution in [0.3, 0.4) is 0 Å². The molecule has 4 rings (SSSR count). The van der Waals surface area contributed by atoms with Crippen molar-refractivity contribution in [2.24, 2.45) is 4.99 Å². The number of fused-ring (bicyclic) bond motifs is 1. The molecule has 6 nitrogen and oxygen atoms in total. The van der Waals surface area contributed by atoms with Gasteiger partial charge in [0, 0.05) is 25.5 Å². The normalized spacial score (nSPS) is 16.0. The number of carbonyl (C=O) groups excluding carboxylic acids is 1. The van der Waals surface area contributed by atoms with Crippen molar-refractivity contribution in [3.05, 3.63) is 60.3 Å². The van der Waals surface area contributed by atoms with E-state index >= 15 is 0 Å². The molecule has 0 N–H and O–H groups in total. The van der Waals surface area contributed by atoms with Gasteiger partial charge in [-0.1, -0.05) is 18.2 Å². The van der Waals surface area contributed by atoms with E-state index in [4.69, 9.17) is 4.74 Å². The minimum absolute atomic E-state index is 0.143. The van der Waals surface area contributed by atoms with E-state index < -0.39 is 6.36 Å². The van der Waals surface area contributed by atoms with Gasteiger partial charge in [0.2, 0.25) is 0 Å². The molecule has 0 aliphatic carbocycles. The van der Waals surface area contributed by atoms with Crippen LogP contribution in [0.15, 0.2) is 59.7 Å². The fourth-order valence-electron chi connectivity index (χ4n) is 3.42. The van der Waals surface area contributed by atoms with Crippen LogP contribution >= 0.6 is 0 Å². The molecule has 0 spiro atoms. The first-order valence-electron chi connectivity index (χ1n) is 9.72. The van der Waals surface area contributed by atoms with Crippen molar-refractivity contribution >= 4 is 12.1 Å². The molecule has 2 aliphatic heterocycles. The van der Waals surface area contributed by atoms with E-state index in [2.05, 4.69) is 9.73 Å². The van der Waals surface area contributed by atoms with Gasteiger partial charge in [0.25, 0.3) is 5.91 Å². The smallest absolute Gasteiger partial charge is 0.491 e. The van der Waals surface area contributed by atoms with Crippen molar-refractivity contribution < 1.29 is 27.4 Å². The summed E-state index contributed by atoms with van der Waals surface area (Å²) in [6, 6.07) is 10.7.